The van der Waals surface area contributed by atoms with Gasteiger partial charge in [-0.05, 0) is 66.9 Å². The Morgan fingerprint density at radius 3 is 2.56 bits per heavy atom. The van der Waals surface area contributed by atoms with Gasteiger partial charge in [0.15, 0.2) is 0 Å². The van der Waals surface area contributed by atoms with Crippen LogP contribution in [0.25, 0.3) is 11.1 Å². The molecule has 0 amide bonds. The topological polar surface area (TPSA) is 22.6 Å². The second kappa shape index (κ2) is 9.22. The average molecular weight is 447 g/mol. The molecule has 3 heterocycles. The van der Waals surface area contributed by atoms with Crippen LogP contribution in [0.15, 0.2) is 54.7 Å². The van der Waals surface area contributed by atoms with Gasteiger partial charge in [-0.3, -0.25) is 9.88 Å². The fourth-order valence-electron chi connectivity index (χ4n) is 4.96. The quantitative estimate of drug-likeness (QED) is 0.561. The number of rotatable bonds is 4. The fraction of sp³-hybridized carbons (Fsp3) is 0.370. The second-order valence-electron chi connectivity index (χ2n) is 9.16. The number of aryl methyl sites for hydroxylation is 1. The number of anilines is 1. The van der Waals surface area contributed by atoms with Crippen LogP contribution in [0.5, 0.6) is 0 Å². The summed E-state index contributed by atoms with van der Waals surface area (Å²) in [5.74, 6) is 0. The maximum Gasteiger partial charge on any atom is 0.0544 e. The Hall–Kier alpha value is -2.40. The minimum atomic E-state index is 0.775. The van der Waals surface area contributed by atoms with Crippen LogP contribution in [-0.2, 0) is 19.5 Å². The van der Waals surface area contributed by atoms with Crippen LogP contribution in [-0.4, -0.2) is 54.6 Å². The summed E-state index contributed by atoms with van der Waals surface area (Å²) < 4.78 is 0. The number of fused-ring (bicyclic) bond motifs is 1. The number of nitrogens with zero attached hydrogens (tertiary/aromatic N) is 4. The number of aromatic nitrogens is 1. The second-order valence-corrected chi connectivity index (χ2v) is 9.60. The third-order valence-corrected chi connectivity index (χ3v) is 7.12. The van der Waals surface area contributed by atoms with Crippen molar-refractivity contribution in [3.05, 3.63) is 82.1 Å². The van der Waals surface area contributed by atoms with E-state index in [9.17, 15) is 0 Å². The van der Waals surface area contributed by atoms with Gasteiger partial charge in [-0.25, -0.2) is 0 Å². The minimum Gasteiger partial charge on any atom is -0.369 e. The number of piperazine rings is 1. The molecule has 5 rings (SSSR count). The molecular formula is C27H31ClN4. The SMILES string of the molecule is Cc1cc(Cl)ccc1-c1ccc(CN2CCc3cccc(N4CCN(C)CC4)c3C2)nc1. The van der Waals surface area contributed by atoms with Crippen LogP contribution in [0.3, 0.4) is 0 Å². The highest BCUT2D eigenvalue weighted by Crippen LogP contribution is 2.31. The van der Waals surface area contributed by atoms with E-state index in [1.807, 2.05) is 18.3 Å². The molecule has 2 aliphatic heterocycles. The summed E-state index contributed by atoms with van der Waals surface area (Å²) in [6.07, 6.45) is 3.11. The van der Waals surface area contributed by atoms with Crippen LogP contribution >= 0.6 is 11.6 Å². The van der Waals surface area contributed by atoms with Crippen molar-refractivity contribution >= 4 is 17.3 Å². The Labute approximate surface area is 196 Å². The molecule has 0 N–H and O–H groups in total. The van der Waals surface area contributed by atoms with Gasteiger partial charge < -0.3 is 9.80 Å². The number of pyridine rings is 1. The highest BCUT2D eigenvalue weighted by Gasteiger charge is 2.23. The average Bonchev–Trinajstić information content (AvgIpc) is 2.80. The molecule has 2 aliphatic rings. The summed E-state index contributed by atoms with van der Waals surface area (Å²) in [6.45, 7) is 9.55. The van der Waals surface area contributed by atoms with Crippen LogP contribution < -0.4 is 4.90 Å². The van der Waals surface area contributed by atoms with Gasteiger partial charge in [-0.1, -0.05) is 35.9 Å². The van der Waals surface area contributed by atoms with Crippen LogP contribution in [0, 0.1) is 6.92 Å². The number of likely N-dealkylation sites (N-methyl/N-ethyl adjacent to an activating group) is 1. The number of hydrogen-bond donors (Lipinski definition) is 0. The van der Waals surface area contributed by atoms with Crippen molar-refractivity contribution in [1.29, 1.82) is 0 Å². The molecule has 1 saturated heterocycles. The van der Waals surface area contributed by atoms with Crippen molar-refractivity contribution in [1.82, 2.24) is 14.8 Å². The van der Waals surface area contributed by atoms with Gasteiger partial charge in [0.1, 0.15) is 0 Å². The molecule has 1 aromatic heterocycles. The highest BCUT2D eigenvalue weighted by molar-refractivity contribution is 6.30. The molecule has 4 nitrogen and oxygen atoms in total. The summed E-state index contributed by atoms with van der Waals surface area (Å²) >= 11 is 6.11. The molecular weight excluding hydrogens is 416 g/mol. The molecule has 32 heavy (non-hydrogen) atoms. The molecule has 0 bridgehead atoms. The first kappa shape index (κ1) is 21.4. The summed E-state index contributed by atoms with van der Waals surface area (Å²) in [7, 11) is 2.21. The van der Waals surface area contributed by atoms with E-state index in [0.717, 1.165) is 68.5 Å². The smallest absolute Gasteiger partial charge is 0.0544 e. The van der Waals surface area contributed by atoms with Crippen molar-refractivity contribution in [2.45, 2.75) is 26.4 Å². The Kier molecular flexibility index (Phi) is 6.18. The van der Waals surface area contributed by atoms with Crippen molar-refractivity contribution < 1.29 is 0 Å². The molecule has 5 heteroatoms. The monoisotopic (exact) mass is 446 g/mol. The molecule has 0 spiro atoms. The number of hydrogen-bond acceptors (Lipinski definition) is 4. The van der Waals surface area contributed by atoms with Crippen LogP contribution in [0.2, 0.25) is 5.02 Å². The van der Waals surface area contributed by atoms with Gasteiger partial charge in [-0.15, -0.1) is 0 Å². The Morgan fingerprint density at radius 2 is 1.81 bits per heavy atom. The van der Waals surface area contributed by atoms with E-state index >= 15 is 0 Å². The Balaban J connectivity index is 1.30. The summed E-state index contributed by atoms with van der Waals surface area (Å²) in [5, 5.41) is 0.775. The van der Waals surface area contributed by atoms with E-state index in [2.05, 4.69) is 65.1 Å². The van der Waals surface area contributed by atoms with Crippen LogP contribution in [0.4, 0.5) is 5.69 Å². The highest BCUT2D eigenvalue weighted by atomic mass is 35.5. The molecule has 2 aromatic carbocycles. The maximum absolute atomic E-state index is 6.11. The lowest BCUT2D eigenvalue weighted by molar-refractivity contribution is 0.242. The van der Waals surface area contributed by atoms with E-state index in [1.54, 1.807) is 0 Å². The van der Waals surface area contributed by atoms with Crippen molar-refractivity contribution in [2.75, 3.05) is 44.7 Å². The fourth-order valence-corrected chi connectivity index (χ4v) is 5.18. The number of halogens is 1. The first-order chi connectivity index (χ1) is 15.6. The normalized spacial score (nSPS) is 17.4. The van der Waals surface area contributed by atoms with Gasteiger partial charge in [0.2, 0.25) is 0 Å². The zero-order valence-electron chi connectivity index (χ0n) is 19.0. The summed E-state index contributed by atoms with van der Waals surface area (Å²) in [6, 6.07) is 17.3. The molecule has 0 unspecified atom stereocenters. The zero-order chi connectivity index (χ0) is 22.1. The van der Waals surface area contributed by atoms with E-state index < -0.39 is 0 Å². The molecule has 0 aliphatic carbocycles. The van der Waals surface area contributed by atoms with Gasteiger partial charge in [0, 0.05) is 68.3 Å². The van der Waals surface area contributed by atoms with Gasteiger partial charge in [0.25, 0.3) is 0 Å². The lowest BCUT2D eigenvalue weighted by Crippen LogP contribution is -2.45. The zero-order valence-corrected chi connectivity index (χ0v) is 19.8. The maximum atomic E-state index is 6.11. The summed E-state index contributed by atoms with van der Waals surface area (Å²) in [4.78, 5) is 12.3. The predicted octanol–water partition coefficient (Wildman–Crippen LogP) is 5.02. The lowest BCUT2D eigenvalue weighted by Gasteiger charge is -2.38. The van der Waals surface area contributed by atoms with Gasteiger partial charge in [-0.2, -0.15) is 0 Å². The van der Waals surface area contributed by atoms with Gasteiger partial charge >= 0.3 is 0 Å². The molecule has 0 saturated carbocycles. The first-order valence-electron chi connectivity index (χ1n) is 11.5. The molecule has 166 valence electrons. The van der Waals surface area contributed by atoms with E-state index in [1.165, 1.54) is 27.9 Å². The molecule has 0 atom stereocenters. The molecule has 1 fully saturated rings. The third-order valence-electron chi connectivity index (χ3n) is 6.88. The minimum absolute atomic E-state index is 0.775. The standard InChI is InChI=1S/C27H31ClN4/c1-20-16-23(28)7-9-25(20)22-6-8-24(29-17-22)18-31-11-10-21-4-3-5-27(26(21)19-31)32-14-12-30(2)13-15-32/h3-9,16-17H,10-15,18-19H2,1-2H3. The van der Waals surface area contributed by atoms with Crippen LogP contribution in [0.1, 0.15) is 22.4 Å². The van der Waals surface area contributed by atoms with E-state index in [4.69, 9.17) is 16.6 Å². The Morgan fingerprint density at radius 1 is 0.969 bits per heavy atom. The number of benzene rings is 2. The van der Waals surface area contributed by atoms with Crippen molar-refractivity contribution in [3.63, 3.8) is 0 Å². The first-order valence-corrected chi connectivity index (χ1v) is 11.9. The summed E-state index contributed by atoms with van der Waals surface area (Å²) in [5.41, 5.74) is 9.09. The largest absolute Gasteiger partial charge is 0.369 e. The lowest BCUT2D eigenvalue weighted by atomic mass is 9.96. The van der Waals surface area contributed by atoms with Gasteiger partial charge in [0.05, 0.1) is 5.69 Å². The van der Waals surface area contributed by atoms with Crippen molar-refractivity contribution in [2.24, 2.45) is 0 Å². The van der Waals surface area contributed by atoms with E-state index in [0.29, 0.717) is 0 Å². The Bertz CT molecular complexity index is 1090. The van der Waals surface area contributed by atoms with Crippen molar-refractivity contribution in [3.8, 4) is 11.1 Å². The van der Waals surface area contributed by atoms with E-state index in [-0.39, 0.29) is 0 Å². The molecule has 0 radical (unpaired) electrons. The predicted molar refractivity (Wildman–Crippen MR) is 133 cm³/mol. The molecule has 3 aromatic rings. The third kappa shape index (κ3) is 4.54.